The van der Waals surface area contributed by atoms with Gasteiger partial charge in [-0.05, 0) is 36.6 Å². The van der Waals surface area contributed by atoms with Gasteiger partial charge in [-0.25, -0.2) is 0 Å². The molecule has 2 unspecified atom stereocenters. The maximum Gasteiger partial charge on any atom is 0.221 e. The number of hydrogen-bond acceptors (Lipinski definition) is 1. The standard InChI is InChI=1S/C26H26N2O/c1-18-12-14-21(15-13-18)23(24-17-27-25-11-7-6-10-22(24)25)16-26(29)28-19(2)20-8-4-3-5-9-20/h3-15,17,19,23,27H,16H2,1-2H3,(H,28,29). The number of aromatic nitrogens is 1. The molecular weight excluding hydrogens is 356 g/mol. The second-order valence-corrected chi connectivity index (χ2v) is 7.66. The van der Waals surface area contributed by atoms with Crippen LogP contribution in [0.5, 0.6) is 0 Å². The fraction of sp³-hybridized carbons (Fsp3) is 0.192. The molecule has 3 aromatic carbocycles. The van der Waals surface area contributed by atoms with Gasteiger partial charge in [-0.1, -0.05) is 78.4 Å². The highest BCUT2D eigenvalue weighted by atomic mass is 16.1. The maximum atomic E-state index is 13.0. The van der Waals surface area contributed by atoms with Gasteiger partial charge in [-0.3, -0.25) is 4.79 Å². The van der Waals surface area contributed by atoms with Crippen LogP contribution in [0.2, 0.25) is 0 Å². The molecule has 0 bridgehead atoms. The minimum Gasteiger partial charge on any atom is -0.361 e. The zero-order valence-electron chi connectivity index (χ0n) is 16.9. The van der Waals surface area contributed by atoms with Gasteiger partial charge in [0.15, 0.2) is 0 Å². The van der Waals surface area contributed by atoms with Crippen LogP contribution in [-0.4, -0.2) is 10.9 Å². The normalized spacial score (nSPS) is 13.2. The van der Waals surface area contributed by atoms with Gasteiger partial charge in [0.1, 0.15) is 0 Å². The van der Waals surface area contributed by atoms with Gasteiger partial charge in [-0.15, -0.1) is 0 Å². The van der Waals surface area contributed by atoms with E-state index in [4.69, 9.17) is 0 Å². The first-order chi connectivity index (χ1) is 14.1. The number of benzene rings is 3. The number of nitrogens with one attached hydrogen (secondary N) is 2. The van der Waals surface area contributed by atoms with Crippen LogP contribution in [0.25, 0.3) is 10.9 Å². The van der Waals surface area contributed by atoms with Crippen LogP contribution in [0, 0.1) is 6.92 Å². The zero-order valence-corrected chi connectivity index (χ0v) is 16.9. The molecule has 29 heavy (non-hydrogen) atoms. The first kappa shape index (κ1) is 19.0. The number of aromatic amines is 1. The van der Waals surface area contributed by atoms with Gasteiger partial charge in [-0.2, -0.15) is 0 Å². The van der Waals surface area contributed by atoms with E-state index in [9.17, 15) is 4.79 Å². The van der Waals surface area contributed by atoms with E-state index >= 15 is 0 Å². The molecule has 0 fully saturated rings. The largest absolute Gasteiger partial charge is 0.361 e. The Balaban J connectivity index is 1.62. The molecule has 2 N–H and O–H groups in total. The predicted molar refractivity (Wildman–Crippen MR) is 119 cm³/mol. The lowest BCUT2D eigenvalue weighted by molar-refractivity contribution is -0.121. The first-order valence-corrected chi connectivity index (χ1v) is 10.1. The van der Waals surface area contributed by atoms with Crippen molar-refractivity contribution in [3.05, 3.63) is 107 Å². The second kappa shape index (κ2) is 8.36. The monoisotopic (exact) mass is 382 g/mol. The minimum atomic E-state index is -0.0228. The van der Waals surface area contributed by atoms with Crippen molar-refractivity contribution in [3.63, 3.8) is 0 Å². The number of amides is 1. The molecule has 0 radical (unpaired) electrons. The third kappa shape index (κ3) is 4.24. The Morgan fingerprint density at radius 2 is 1.59 bits per heavy atom. The third-order valence-corrected chi connectivity index (χ3v) is 5.54. The lowest BCUT2D eigenvalue weighted by Crippen LogP contribution is -2.28. The molecule has 1 aromatic heterocycles. The first-order valence-electron chi connectivity index (χ1n) is 10.1. The average molecular weight is 383 g/mol. The molecule has 0 spiro atoms. The number of fused-ring (bicyclic) bond motifs is 1. The Labute approximate surface area is 171 Å². The fourth-order valence-corrected chi connectivity index (χ4v) is 3.90. The smallest absolute Gasteiger partial charge is 0.221 e. The van der Waals surface area contributed by atoms with Gasteiger partial charge in [0.05, 0.1) is 6.04 Å². The predicted octanol–water partition coefficient (Wildman–Crippen LogP) is 5.88. The summed E-state index contributed by atoms with van der Waals surface area (Å²) >= 11 is 0. The van der Waals surface area contributed by atoms with Crippen LogP contribution in [0.15, 0.2) is 85.1 Å². The summed E-state index contributed by atoms with van der Waals surface area (Å²) in [5.41, 5.74) is 5.74. The van der Waals surface area contributed by atoms with Crippen LogP contribution in [-0.2, 0) is 4.79 Å². The van der Waals surface area contributed by atoms with Crippen molar-refractivity contribution in [2.75, 3.05) is 0 Å². The summed E-state index contributed by atoms with van der Waals surface area (Å²) in [5.74, 6) is 0.0481. The lowest BCUT2D eigenvalue weighted by Gasteiger charge is -2.20. The molecule has 4 aromatic rings. The molecule has 1 heterocycles. The average Bonchev–Trinajstić information content (AvgIpc) is 3.17. The maximum absolute atomic E-state index is 13.0. The van der Waals surface area contributed by atoms with Gasteiger partial charge in [0.25, 0.3) is 0 Å². The van der Waals surface area contributed by atoms with Crippen molar-refractivity contribution in [2.24, 2.45) is 0 Å². The van der Waals surface area contributed by atoms with E-state index in [1.807, 2.05) is 55.6 Å². The fourth-order valence-electron chi connectivity index (χ4n) is 3.90. The highest BCUT2D eigenvalue weighted by Crippen LogP contribution is 2.33. The third-order valence-electron chi connectivity index (χ3n) is 5.54. The zero-order chi connectivity index (χ0) is 20.2. The van der Waals surface area contributed by atoms with Crippen LogP contribution >= 0.6 is 0 Å². The number of hydrogen-bond donors (Lipinski definition) is 2. The summed E-state index contributed by atoms with van der Waals surface area (Å²) in [4.78, 5) is 16.3. The molecule has 0 aliphatic carbocycles. The van der Waals surface area contributed by atoms with E-state index in [-0.39, 0.29) is 17.9 Å². The molecule has 3 nitrogen and oxygen atoms in total. The summed E-state index contributed by atoms with van der Waals surface area (Å²) in [6, 6.07) is 26.8. The topological polar surface area (TPSA) is 44.9 Å². The van der Waals surface area contributed by atoms with Gasteiger partial charge in [0, 0.05) is 29.4 Å². The Morgan fingerprint density at radius 3 is 2.34 bits per heavy atom. The number of carbonyl (C=O) groups excluding carboxylic acids is 1. The summed E-state index contributed by atoms with van der Waals surface area (Å²) < 4.78 is 0. The van der Waals surface area contributed by atoms with Crippen molar-refractivity contribution >= 4 is 16.8 Å². The molecule has 4 rings (SSSR count). The van der Waals surface area contributed by atoms with E-state index in [0.29, 0.717) is 6.42 Å². The summed E-state index contributed by atoms with van der Waals surface area (Å²) in [7, 11) is 0. The molecule has 3 heteroatoms. The summed E-state index contributed by atoms with van der Waals surface area (Å²) in [6.45, 7) is 4.11. The van der Waals surface area contributed by atoms with Gasteiger partial charge >= 0.3 is 0 Å². The number of aryl methyl sites for hydroxylation is 1. The highest BCUT2D eigenvalue weighted by Gasteiger charge is 2.22. The van der Waals surface area contributed by atoms with Crippen LogP contribution in [0.4, 0.5) is 0 Å². The Hall–Kier alpha value is -3.33. The van der Waals surface area contributed by atoms with Crippen molar-refractivity contribution in [3.8, 4) is 0 Å². The van der Waals surface area contributed by atoms with E-state index in [1.165, 1.54) is 10.9 Å². The van der Waals surface area contributed by atoms with Crippen LogP contribution in [0.3, 0.4) is 0 Å². The number of rotatable bonds is 6. The van der Waals surface area contributed by atoms with Crippen molar-refractivity contribution in [2.45, 2.75) is 32.2 Å². The minimum absolute atomic E-state index is 0.00489. The van der Waals surface area contributed by atoms with E-state index in [1.54, 1.807) is 0 Å². The van der Waals surface area contributed by atoms with Gasteiger partial charge in [0.2, 0.25) is 5.91 Å². The SMILES string of the molecule is Cc1ccc(C(CC(=O)NC(C)c2ccccc2)c2c[nH]c3ccccc23)cc1. The van der Waals surface area contributed by atoms with E-state index in [0.717, 1.165) is 22.2 Å². The van der Waals surface area contributed by atoms with E-state index < -0.39 is 0 Å². The van der Waals surface area contributed by atoms with Crippen molar-refractivity contribution < 1.29 is 4.79 Å². The van der Waals surface area contributed by atoms with Crippen LogP contribution in [0.1, 0.15) is 47.6 Å². The van der Waals surface area contributed by atoms with Gasteiger partial charge < -0.3 is 10.3 Å². The highest BCUT2D eigenvalue weighted by molar-refractivity contribution is 5.86. The molecule has 1 amide bonds. The molecule has 0 saturated heterocycles. The molecular formula is C26H26N2O. The molecule has 0 saturated carbocycles. The number of carbonyl (C=O) groups is 1. The lowest BCUT2D eigenvalue weighted by atomic mass is 9.87. The number of H-pyrrole nitrogens is 1. The summed E-state index contributed by atoms with van der Waals surface area (Å²) in [5, 5.41) is 4.34. The molecule has 0 aliphatic rings. The Kier molecular flexibility index (Phi) is 5.48. The Bertz CT molecular complexity index is 1100. The van der Waals surface area contributed by atoms with Crippen molar-refractivity contribution in [1.29, 1.82) is 0 Å². The molecule has 2 atom stereocenters. The van der Waals surface area contributed by atoms with Crippen molar-refractivity contribution in [1.82, 2.24) is 10.3 Å². The molecule has 146 valence electrons. The quantitative estimate of drug-likeness (QED) is 0.430. The Morgan fingerprint density at radius 1 is 0.897 bits per heavy atom. The summed E-state index contributed by atoms with van der Waals surface area (Å²) in [6.07, 6.45) is 2.45. The van der Waals surface area contributed by atoms with Crippen LogP contribution < -0.4 is 5.32 Å². The number of para-hydroxylation sites is 1. The van der Waals surface area contributed by atoms with E-state index in [2.05, 4.69) is 53.6 Å². The molecule has 0 aliphatic heterocycles. The second-order valence-electron chi connectivity index (χ2n) is 7.66.